The number of amides is 1. The third-order valence-corrected chi connectivity index (χ3v) is 6.50. The van der Waals surface area contributed by atoms with E-state index in [1.54, 1.807) is 6.92 Å². The van der Waals surface area contributed by atoms with Gasteiger partial charge in [-0.1, -0.05) is 6.08 Å². The van der Waals surface area contributed by atoms with Gasteiger partial charge in [-0.3, -0.25) is 14.4 Å². The largest absolute Gasteiger partial charge is 0.431 e. The number of sulfonamides is 1. The van der Waals surface area contributed by atoms with Crippen molar-refractivity contribution in [3.8, 4) is 0 Å². The van der Waals surface area contributed by atoms with Gasteiger partial charge in [0.1, 0.15) is 12.0 Å². The summed E-state index contributed by atoms with van der Waals surface area (Å²) in [5.74, 6) is -2.23. The van der Waals surface area contributed by atoms with Crippen molar-refractivity contribution in [2.75, 3.05) is 22.4 Å². The maximum atomic E-state index is 14.3. The molecule has 0 spiro atoms. The van der Waals surface area contributed by atoms with Crippen LogP contribution in [0.25, 0.3) is 0 Å². The van der Waals surface area contributed by atoms with Crippen LogP contribution in [-0.2, 0) is 10.0 Å². The monoisotopic (exact) mass is 480 g/mol. The molecule has 2 heterocycles. The lowest BCUT2D eigenvalue weighted by Gasteiger charge is -2.36. The third kappa shape index (κ3) is 5.18. The molecular formula is C22H26F2N4O4S. The van der Waals surface area contributed by atoms with Crippen LogP contribution in [0.5, 0.6) is 0 Å². The van der Waals surface area contributed by atoms with Gasteiger partial charge in [-0.25, -0.2) is 17.2 Å². The van der Waals surface area contributed by atoms with Crippen molar-refractivity contribution in [2.45, 2.75) is 45.1 Å². The molecule has 1 aliphatic carbocycles. The van der Waals surface area contributed by atoms with Crippen LogP contribution < -0.4 is 14.9 Å². The Hall–Kier alpha value is -2.95. The van der Waals surface area contributed by atoms with Crippen molar-refractivity contribution < 1.29 is 26.4 Å². The Kier molecular flexibility index (Phi) is 6.42. The molecule has 2 aliphatic rings. The number of hydrogen-bond acceptors (Lipinski definition) is 6. The first-order chi connectivity index (χ1) is 15.6. The molecule has 11 heteroatoms. The number of benzene rings is 1. The summed E-state index contributed by atoms with van der Waals surface area (Å²) in [6.07, 6.45) is 9.76. The first-order valence-corrected chi connectivity index (χ1v) is 12.7. The van der Waals surface area contributed by atoms with E-state index in [9.17, 15) is 22.0 Å². The molecule has 1 fully saturated rings. The summed E-state index contributed by atoms with van der Waals surface area (Å²) in [5.41, 5.74) is 0.625. The van der Waals surface area contributed by atoms with Crippen molar-refractivity contribution in [3.63, 3.8) is 0 Å². The Labute approximate surface area is 191 Å². The van der Waals surface area contributed by atoms with E-state index in [0.29, 0.717) is 11.9 Å². The van der Waals surface area contributed by atoms with Crippen molar-refractivity contribution in [3.05, 3.63) is 53.1 Å². The number of aromatic nitrogens is 1. The maximum absolute atomic E-state index is 14.3. The van der Waals surface area contributed by atoms with Crippen LogP contribution in [0.3, 0.4) is 0 Å². The van der Waals surface area contributed by atoms with Gasteiger partial charge in [-0.15, -0.1) is 0 Å². The molecule has 33 heavy (non-hydrogen) atoms. The summed E-state index contributed by atoms with van der Waals surface area (Å²) in [5, 5.41) is 2.64. The number of hydrogen-bond donors (Lipinski definition) is 2. The third-order valence-electron chi connectivity index (χ3n) is 5.93. The highest BCUT2D eigenvalue weighted by molar-refractivity contribution is 7.92. The fourth-order valence-corrected chi connectivity index (χ4v) is 4.92. The second-order valence-electron chi connectivity index (χ2n) is 8.49. The van der Waals surface area contributed by atoms with Gasteiger partial charge in [-0.05, 0) is 62.6 Å². The number of oxazole rings is 1. The molecule has 2 N–H and O–H groups in total. The lowest BCUT2D eigenvalue weighted by molar-refractivity contribution is 0.0934. The molecule has 178 valence electrons. The van der Waals surface area contributed by atoms with E-state index in [4.69, 9.17) is 4.42 Å². The first-order valence-electron chi connectivity index (χ1n) is 10.8. The zero-order chi connectivity index (χ0) is 23.8. The quantitative estimate of drug-likeness (QED) is 0.645. The lowest BCUT2D eigenvalue weighted by atomic mass is 9.85. The fraction of sp³-hybridized carbons (Fsp3) is 0.455. The smallest absolute Gasteiger partial charge is 0.302 e. The Morgan fingerprint density at radius 2 is 1.94 bits per heavy atom. The number of anilines is 2. The Morgan fingerprint density at radius 3 is 2.64 bits per heavy atom. The predicted octanol–water partition coefficient (Wildman–Crippen LogP) is 4.10. The highest BCUT2D eigenvalue weighted by atomic mass is 32.2. The number of allylic oxidation sites excluding steroid dienone is 2. The van der Waals surface area contributed by atoms with Gasteiger partial charge >= 0.3 is 6.01 Å². The van der Waals surface area contributed by atoms with E-state index in [2.05, 4.69) is 16.4 Å². The Balaban J connectivity index is 1.47. The highest BCUT2D eigenvalue weighted by Crippen LogP contribution is 2.37. The van der Waals surface area contributed by atoms with Crippen LogP contribution in [0, 0.1) is 17.6 Å². The zero-order valence-electron chi connectivity index (χ0n) is 18.4. The first kappa shape index (κ1) is 23.2. The number of nitrogens with zero attached hydrogens (tertiary/aromatic N) is 2. The average Bonchev–Trinajstić information content (AvgIpc) is 3.25. The number of piperidine rings is 1. The van der Waals surface area contributed by atoms with Gasteiger partial charge in [0.2, 0.25) is 10.0 Å². The Morgan fingerprint density at radius 1 is 1.24 bits per heavy atom. The van der Waals surface area contributed by atoms with Crippen LogP contribution in [0.2, 0.25) is 0 Å². The molecule has 0 saturated carbocycles. The van der Waals surface area contributed by atoms with Crippen molar-refractivity contribution in [1.82, 2.24) is 10.3 Å². The molecule has 1 aliphatic heterocycles. The topological polar surface area (TPSA) is 105 Å². The number of carbonyl (C=O) groups excluding carboxylic acids is 1. The minimum atomic E-state index is -3.85. The number of nitrogens with one attached hydrogen (secondary N) is 2. The Bertz CT molecular complexity index is 1170. The zero-order valence-corrected chi connectivity index (χ0v) is 19.2. The maximum Gasteiger partial charge on any atom is 0.302 e. The van der Waals surface area contributed by atoms with E-state index in [1.807, 2.05) is 9.62 Å². The molecule has 1 aromatic heterocycles. The molecule has 2 aromatic rings. The van der Waals surface area contributed by atoms with Gasteiger partial charge < -0.3 is 9.73 Å². The van der Waals surface area contributed by atoms with Gasteiger partial charge in [0, 0.05) is 12.2 Å². The molecule has 2 unspecified atom stereocenters. The van der Waals surface area contributed by atoms with Crippen molar-refractivity contribution >= 4 is 27.6 Å². The summed E-state index contributed by atoms with van der Waals surface area (Å²) in [6, 6.07) is 1.53. The lowest BCUT2D eigenvalue weighted by Crippen LogP contribution is -2.35. The molecule has 8 nitrogen and oxygen atoms in total. The molecule has 0 radical (unpaired) electrons. The standard InChI is InChI=1S/C22H26F2N4O4S/c1-13(15-10-16(23)20(17(24)11-15)27-33(2,30)31)25-21(29)18-12-32-22(26-18)28-9-5-7-14-6-3-4-8-19(14)28/h8,10-14,27H,3-7,9H2,1-2H3,(H,25,29). The number of halogens is 2. The van der Waals surface area contributed by atoms with Crippen LogP contribution in [-0.4, -0.2) is 32.1 Å². The second kappa shape index (κ2) is 9.12. The summed E-state index contributed by atoms with van der Waals surface area (Å²) in [7, 11) is -3.85. The molecule has 2 atom stereocenters. The SMILES string of the molecule is CC(NC(=O)c1coc(N2CCCC3CCCC=C32)n1)c1cc(F)c(NS(C)(=O)=O)c(F)c1. The van der Waals surface area contributed by atoms with E-state index in [-0.39, 0.29) is 11.3 Å². The summed E-state index contributed by atoms with van der Waals surface area (Å²) >= 11 is 0. The molecule has 1 saturated heterocycles. The number of fused-ring (bicyclic) bond motifs is 1. The van der Waals surface area contributed by atoms with Gasteiger partial charge in [0.05, 0.1) is 12.3 Å². The van der Waals surface area contributed by atoms with E-state index < -0.39 is 39.3 Å². The molecule has 0 bridgehead atoms. The van der Waals surface area contributed by atoms with E-state index in [1.165, 1.54) is 18.4 Å². The van der Waals surface area contributed by atoms with Crippen LogP contribution in [0.4, 0.5) is 20.5 Å². The summed E-state index contributed by atoms with van der Waals surface area (Å²) in [6.45, 7) is 2.32. The second-order valence-corrected chi connectivity index (χ2v) is 10.2. The molecular weight excluding hydrogens is 454 g/mol. The van der Waals surface area contributed by atoms with Gasteiger partial charge in [0.15, 0.2) is 17.3 Å². The molecule has 1 amide bonds. The predicted molar refractivity (Wildman–Crippen MR) is 119 cm³/mol. The van der Waals surface area contributed by atoms with E-state index in [0.717, 1.165) is 50.6 Å². The van der Waals surface area contributed by atoms with Crippen molar-refractivity contribution in [2.24, 2.45) is 5.92 Å². The van der Waals surface area contributed by atoms with E-state index >= 15 is 0 Å². The number of carbonyl (C=O) groups is 1. The average molecular weight is 481 g/mol. The highest BCUT2D eigenvalue weighted by Gasteiger charge is 2.30. The molecule has 1 aromatic carbocycles. The number of rotatable bonds is 6. The summed E-state index contributed by atoms with van der Waals surface area (Å²) in [4.78, 5) is 19.0. The minimum absolute atomic E-state index is 0.0617. The van der Waals surface area contributed by atoms with Crippen LogP contribution in [0.15, 0.2) is 34.6 Å². The minimum Gasteiger partial charge on any atom is -0.431 e. The fourth-order valence-electron chi connectivity index (χ4n) is 4.35. The van der Waals surface area contributed by atoms with Crippen LogP contribution in [0.1, 0.15) is 61.1 Å². The van der Waals surface area contributed by atoms with Crippen LogP contribution >= 0.6 is 0 Å². The van der Waals surface area contributed by atoms with Gasteiger partial charge in [0.25, 0.3) is 5.91 Å². The summed E-state index contributed by atoms with van der Waals surface area (Å²) < 4.78 is 58.6. The van der Waals surface area contributed by atoms with Crippen molar-refractivity contribution in [1.29, 1.82) is 0 Å². The van der Waals surface area contributed by atoms with Gasteiger partial charge in [-0.2, -0.15) is 4.98 Å². The normalized spacial score (nSPS) is 19.5. The molecule has 4 rings (SSSR count).